The first kappa shape index (κ1) is 12.6. The number of ether oxygens (including phenoxy) is 1. The summed E-state index contributed by atoms with van der Waals surface area (Å²) in [5.74, 6) is -0.373. The topological polar surface area (TPSA) is 73.6 Å². The van der Waals surface area contributed by atoms with E-state index in [1.165, 1.54) is 0 Å². The van der Waals surface area contributed by atoms with Crippen molar-refractivity contribution in [3.8, 4) is 0 Å². The van der Waals surface area contributed by atoms with Gasteiger partial charge in [-0.1, -0.05) is 30.3 Å². The Hall–Kier alpha value is -1.43. The quantitative estimate of drug-likeness (QED) is 0.541. The Balaban J connectivity index is 2.37. The number of methoxy groups -OCH3 is 1. The van der Waals surface area contributed by atoms with Crippen molar-refractivity contribution >= 4 is 5.91 Å². The molecule has 0 saturated carbocycles. The van der Waals surface area contributed by atoms with Crippen molar-refractivity contribution in [1.29, 1.82) is 0 Å². The molecule has 1 aromatic carbocycles. The molecule has 16 heavy (non-hydrogen) atoms. The molecule has 1 amide bonds. The first-order valence-electron chi connectivity index (χ1n) is 4.97. The number of rotatable bonds is 6. The number of nitrogens with two attached hydrogens (primary N) is 1. The van der Waals surface area contributed by atoms with E-state index in [2.05, 4.69) is 5.48 Å². The van der Waals surface area contributed by atoms with Crippen LogP contribution in [0.25, 0.3) is 0 Å². The largest absolute Gasteiger partial charge is 0.382 e. The number of hydrogen-bond acceptors (Lipinski definition) is 4. The molecule has 5 heteroatoms. The van der Waals surface area contributed by atoms with Crippen molar-refractivity contribution in [2.75, 3.05) is 20.3 Å². The molecule has 1 aromatic rings. The zero-order valence-corrected chi connectivity index (χ0v) is 9.18. The van der Waals surface area contributed by atoms with Gasteiger partial charge in [-0.3, -0.25) is 9.63 Å². The van der Waals surface area contributed by atoms with Crippen LogP contribution in [0.3, 0.4) is 0 Å². The highest BCUT2D eigenvalue weighted by Crippen LogP contribution is 2.08. The highest BCUT2D eigenvalue weighted by molar-refractivity contribution is 5.81. The van der Waals surface area contributed by atoms with Gasteiger partial charge in [0.25, 0.3) is 5.91 Å². The second-order valence-electron chi connectivity index (χ2n) is 3.20. The van der Waals surface area contributed by atoms with Gasteiger partial charge < -0.3 is 10.5 Å². The summed E-state index contributed by atoms with van der Waals surface area (Å²) in [5.41, 5.74) is 8.75. The van der Waals surface area contributed by atoms with Gasteiger partial charge >= 0.3 is 0 Å². The fraction of sp³-hybridized carbons (Fsp3) is 0.364. The Morgan fingerprint density at radius 3 is 2.69 bits per heavy atom. The lowest BCUT2D eigenvalue weighted by Crippen LogP contribution is -2.34. The third-order valence-corrected chi connectivity index (χ3v) is 2.00. The molecule has 0 aliphatic heterocycles. The predicted octanol–water partition coefficient (Wildman–Crippen LogP) is 0.381. The molecular formula is C11H16N2O3. The highest BCUT2D eigenvalue weighted by Gasteiger charge is 2.14. The Morgan fingerprint density at radius 1 is 1.38 bits per heavy atom. The van der Waals surface area contributed by atoms with Crippen LogP contribution < -0.4 is 11.2 Å². The molecule has 0 bridgehead atoms. The standard InChI is InChI=1S/C11H16N2O3/c1-15-7-8-16-13-11(14)10(12)9-5-3-2-4-6-9/h2-6,10H,7-8,12H2,1H3,(H,13,14)/t10-/m0/s1. The molecule has 0 radical (unpaired) electrons. The number of nitrogens with one attached hydrogen (secondary N) is 1. The van der Waals surface area contributed by atoms with Gasteiger partial charge in [0.2, 0.25) is 0 Å². The summed E-state index contributed by atoms with van der Waals surface area (Å²) < 4.78 is 4.76. The fourth-order valence-electron chi connectivity index (χ4n) is 1.12. The minimum atomic E-state index is -0.719. The van der Waals surface area contributed by atoms with Gasteiger partial charge in [-0.2, -0.15) is 0 Å². The van der Waals surface area contributed by atoms with Gasteiger partial charge in [-0.15, -0.1) is 0 Å². The molecule has 0 unspecified atom stereocenters. The van der Waals surface area contributed by atoms with Crippen molar-refractivity contribution in [1.82, 2.24) is 5.48 Å². The number of hydroxylamine groups is 1. The second kappa shape index (κ2) is 6.95. The first-order chi connectivity index (χ1) is 7.75. The van der Waals surface area contributed by atoms with Gasteiger partial charge in [-0.05, 0) is 5.56 Å². The number of amides is 1. The highest BCUT2D eigenvalue weighted by atomic mass is 16.7. The maximum Gasteiger partial charge on any atom is 0.265 e. The molecule has 1 atom stereocenters. The van der Waals surface area contributed by atoms with Crippen LogP contribution in [0, 0.1) is 0 Å². The summed E-state index contributed by atoms with van der Waals surface area (Å²) in [5, 5.41) is 0. The van der Waals surface area contributed by atoms with Gasteiger partial charge in [0.15, 0.2) is 0 Å². The van der Waals surface area contributed by atoms with E-state index in [9.17, 15) is 4.79 Å². The van der Waals surface area contributed by atoms with E-state index in [-0.39, 0.29) is 5.91 Å². The van der Waals surface area contributed by atoms with Crippen molar-refractivity contribution in [3.63, 3.8) is 0 Å². The average molecular weight is 224 g/mol. The average Bonchev–Trinajstić information content (AvgIpc) is 2.34. The lowest BCUT2D eigenvalue weighted by molar-refractivity contribution is -0.136. The number of hydrogen-bond donors (Lipinski definition) is 2. The van der Waals surface area contributed by atoms with Gasteiger partial charge in [-0.25, -0.2) is 5.48 Å². The molecule has 5 nitrogen and oxygen atoms in total. The van der Waals surface area contributed by atoms with Crippen LogP contribution in [-0.4, -0.2) is 26.2 Å². The van der Waals surface area contributed by atoms with E-state index >= 15 is 0 Å². The second-order valence-corrected chi connectivity index (χ2v) is 3.20. The lowest BCUT2D eigenvalue weighted by Gasteiger charge is -2.12. The van der Waals surface area contributed by atoms with Crippen LogP contribution in [0.2, 0.25) is 0 Å². The van der Waals surface area contributed by atoms with E-state index in [0.717, 1.165) is 5.56 Å². The molecule has 0 spiro atoms. The fourth-order valence-corrected chi connectivity index (χ4v) is 1.12. The Morgan fingerprint density at radius 2 is 2.06 bits per heavy atom. The molecule has 0 aromatic heterocycles. The van der Waals surface area contributed by atoms with Crippen molar-refractivity contribution in [3.05, 3.63) is 35.9 Å². The summed E-state index contributed by atoms with van der Waals surface area (Å²) in [7, 11) is 1.56. The summed E-state index contributed by atoms with van der Waals surface area (Å²) in [4.78, 5) is 16.4. The Kier molecular flexibility index (Phi) is 5.49. The van der Waals surface area contributed by atoms with Crippen LogP contribution in [0.4, 0.5) is 0 Å². The van der Waals surface area contributed by atoms with Crippen molar-refractivity contribution in [2.45, 2.75) is 6.04 Å². The molecule has 88 valence electrons. The Labute approximate surface area is 94.5 Å². The first-order valence-corrected chi connectivity index (χ1v) is 4.97. The molecule has 0 saturated heterocycles. The minimum absolute atomic E-state index is 0.295. The predicted molar refractivity (Wildman–Crippen MR) is 59.3 cm³/mol. The lowest BCUT2D eigenvalue weighted by atomic mass is 10.1. The molecule has 0 aliphatic carbocycles. The number of carbonyl (C=O) groups is 1. The number of carbonyl (C=O) groups excluding carboxylic acids is 1. The van der Waals surface area contributed by atoms with Crippen LogP contribution in [0.5, 0.6) is 0 Å². The molecule has 0 fully saturated rings. The monoisotopic (exact) mass is 224 g/mol. The summed E-state index contributed by atoms with van der Waals surface area (Å²) in [6.45, 7) is 0.713. The summed E-state index contributed by atoms with van der Waals surface area (Å²) in [6, 6.07) is 8.38. The zero-order valence-electron chi connectivity index (χ0n) is 9.18. The van der Waals surface area contributed by atoms with Crippen molar-refractivity contribution < 1.29 is 14.4 Å². The van der Waals surface area contributed by atoms with Crippen LogP contribution >= 0.6 is 0 Å². The van der Waals surface area contributed by atoms with Crippen molar-refractivity contribution in [2.24, 2.45) is 5.73 Å². The van der Waals surface area contributed by atoms with Crippen LogP contribution in [0.15, 0.2) is 30.3 Å². The SMILES string of the molecule is COCCONC(=O)[C@@H](N)c1ccccc1. The summed E-state index contributed by atoms with van der Waals surface area (Å²) in [6.07, 6.45) is 0. The van der Waals surface area contributed by atoms with Gasteiger partial charge in [0.1, 0.15) is 6.04 Å². The molecule has 3 N–H and O–H groups in total. The van der Waals surface area contributed by atoms with Crippen LogP contribution in [0.1, 0.15) is 11.6 Å². The third kappa shape index (κ3) is 3.98. The van der Waals surface area contributed by atoms with Gasteiger partial charge in [0, 0.05) is 7.11 Å². The third-order valence-electron chi connectivity index (χ3n) is 2.00. The maximum absolute atomic E-state index is 11.5. The van der Waals surface area contributed by atoms with E-state index in [0.29, 0.717) is 13.2 Å². The zero-order chi connectivity index (χ0) is 11.8. The molecule has 0 aliphatic rings. The normalized spacial score (nSPS) is 12.1. The van der Waals surface area contributed by atoms with E-state index < -0.39 is 6.04 Å². The van der Waals surface area contributed by atoms with E-state index in [4.69, 9.17) is 15.3 Å². The van der Waals surface area contributed by atoms with Gasteiger partial charge in [0.05, 0.1) is 13.2 Å². The smallest absolute Gasteiger partial charge is 0.265 e. The Bertz CT molecular complexity index is 316. The van der Waals surface area contributed by atoms with Crippen LogP contribution in [-0.2, 0) is 14.4 Å². The maximum atomic E-state index is 11.5. The number of benzene rings is 1. The molecule has 0 heterocycles. The summed E-state index contributed by atoms with van der Waals surface area (Å²) >= 11 is 0. The van der Waals surface area contributed by atoms with E-state index in [1.54, 1.807) is 19.2 Å². The van der Waals surface area contributed by atoms with E-state index in [1.807, 2.05) is 18.2 Å². The minimum Gasteiger partial charge on any atom is -0.382 e. The molecule has 1 rings (SSSR count). The molecular weight excluding hydrogens is 208 g/mol.